The molecular formula is C11H12BrClFNO5S. The van der Waals surface area contributed by atoms with Crippen LogP contribution < -0.4 is 4.74 Å². The van der Waals surface area contributed by atoms with Crippen molar-refractivity contribution in [2.24, 2.45) is 0 Å². The summed E-state index contributed by atoms with van der Waals surface area (Å²) < 4.78 is 39.9. The van der Waals surface area contributed by atoms with Crippen molar-refractivity contribution in [3.8, 4) is 5.75 Å². The van der Waals surface area contributed by atoms with Crippen LogP contribution in [0.5, 0.6) is 5.75 Å². The van der Waals surface area contributed by atoms with Crippen LogP contribution in [0, 0.1) is 15.9 Å². The Balaban J connectivity index is 2.54. The molecule has 0 aliphatic rings. The smallest absolute Gasteiger partial charge is 0.315 e. The van der Waals surface area contributed by atoms with Crippen LogP contribution in [0.15, 0.2) is 16.6 Å². The van der Waals surface area contributed by atoms with E-state index in [4.69, 9.17) is 15.4 Å². The summed E-state index contributed by atoms with van der Waals surface area (Å²) in [7, 11) is 1.56. The first-order chi connectivity index (χ1) is 9.70. The summed E-state index contributed by atoms with van der Waals surface area (Å²) in [5.74, 6) is -0.922. The Morgan fingerprint density at radius 3 is 2.57 bits per heavy atom. The standard InChI is InChI=1S/C11H12BrClFNO5S/c12-9-6-8(14)7-10(15(16)17)11(9)20-4-2-1-3-5-21(13,18)19/h6-7H,1-5H2. The van der Waals surface area contributed by atoms with Crippen LogP contribution >= 0.6 is 26.6 Å². The molecule has 0 aliphatic heterocycles. The molecule has 1 aromatic carbocycles. The van der Waals surface area contributed by atoms with E-state index < -0.39 is 25.5 Å². The first-order valence-electron chi connectivity index (χ1n) is 5.89. The van der Waals surface area contributed by atoms with E-state index in [-0.39, 0.29) is 22.6 Å². The Kier molecular flexibility index (Phi) is 6.82. The maximum Gasteiger partial charge on any atom is 0.315 e. The number of nitro groups is 1. The van der Waals surface area contributed by atoms with Crippen LogP contribution in [0.25, 0.3) is 0 Å². The molecule has 0 atom stereocenters. The van der Waals surface area contributed by atoms with E-state index in [1.165, 1.54) is 0 Å². The molecule has 1 rings (SSSR count). The summed E-state index contributed by atoms with van der Waals surface area (Å²) in [6.45, 7) is 0.146. The number of hydrogen-bond donors (Lipinski definition) is 0. The first kappa shape index (κ1) is 18.1. The van der Waals surface area contributed by atoms with Crippen molar-refractivity contribution in [3.63, 3.8) is 0 Å². The van der Waals surface area contributed by atoms with Gasteiger partial charge >= 0.3 is 5.69 Å². The van der Waals surface area contributed by atoms with E-state index in [0.717, 1.165) is 12.1 Å². The fourth-order valence-electron chi connectivity index (χ4n) is 1.55. The average molecular weight is 405 g/mol. The fourth-order valence-corrected chi connectivity index (χ4v) is 2.97. The summed E-state index contributed by atoms with van der Waals surface area (Å²) in [5.41, 5.74) is -0.467. The van der Waals surface area contributed by atoms with E-state index in [1.54, 1.807) is 0 Å². The highest BCUT2D eigenvalue weighted by Gasteiger charge is 2.20. The molecule has 118 valence electrons. The molecule has 0 saturated heterocycles. The van der Waals surface area contributed by atoms with Gasteiger partial charge in [-0.25, -0.2) is 12.8 Å². The molecule has 0 saturated carbocycles. The minimum absolute atomic E-state index is 0.0497. The normalized spacial score (nSPS) is 11.4. The van der Waals surface area contributed by atoms with Gasteiger partial charge in [0, 0.05) is 10.7 Å². The van der Waals surface area contributed by atoms with Gasteiger partial charge in [-0.3, -0.25) is 10.1 Å². The first-order valence-corrected chi connectivity index (χ1v) is 9.16. The Morgan fingerprint density at radius 1 is 1.33 bits per heavy atom. The second kappa shape index (κ2) is 7.90. The highest BCUT2D eigenvalue weighted by molar-refractivity contribution is 9.10. The molecule has 0 N–H and O–H groups in total. The van der Waals surface area contributed by atoms with Crippen molar-refractivity contribution < 1.29 is 22.5 Å². The molecule has 0 amide bonds. The number of nitrogens with zero attached hydrogens (tertiary/aromatic N) is 1. The number of benzene rings is 1. The van der Waals surface area contributed by atoms with Crippen LogP contribution in [-0.2, 0) is 9.05 Å². The van der Waals surface area contributed by atoms with Gasteiger partial charge in [-0.15, -0.1) is 0 Å². The van der Waals surface area contributed by atoms with Crippen LogP contribution in [0.4, 0.5) is 10.1 Å². The van der Waals surface area contributed by atoms with Crippen molar-refractivity contribution in [1.82, 2.24) is 0 Å². The zero-order chi connectivity index (χ0) is 16.0. The summed E-state index contributed by atoms with van der Waals surface area (Å²) in [6, 6.07) is 1.85. The summed E-state index contributed by atoms with van der Waals surface area (Å²) in [5, 5.41) is 10.8. The second-order valence-electron chi connectivity index (χ2n) is 4.15. The minimum Gasteiger partial charge on any atom is -0.486 e. The lowest BCUT2D eigenvalue weighted by Gasteiger charge is -2.08. The molecular weight excluding hydrogens is 393 g/mol. The van der Waals surface area contributed by atoms with Gasteiger partial charge in [0.25, 0.3) is 0 Å². The third kappa shape index (κ3) is 6.58. The zero-order valence-corrected chi connectivity index (χ0v) is 13.9. The molecule has 0 unspecified atom stereocenters. The molecule has 0 heterocycles. The van der Waals surface area contributed by atoms with Gasteiger partial charge < -0.3 is 4.74 Å². The number of nitro benzene ring substituents is 1. The van der Waals surface area contributed by atoms with Crippen molar-refractivity contribution in [2.75, 3.05) is 12.4 Å². The maximum atomic E-state index is 13.1. The van der Waals surface area contributed by atoms with Gasteiger partial charge in [-0.05, 0) is 41.3 Å². The lowest BCUT2D eigenvalue weighted by atomic mass is 10.2. The van der Waals surface area contributed by atoms with Crippen molar-refractivity contribution in [3.05, 3.63) is 32.5 Å². The van der Waals surface area contributed by atoms with Crippen molar-refractivity contribution in [1.29, 1.82) is 0 Å². The summed E-state index contributed by atoms with van der Waals surface area (Å²) in [4.78, 5) is 10.1. The van der Waals surface area contributed by atoms with Gasteiger partial charge in [0.05, 0.1) is 27.8 Å². The van der Waals surface area contributed by atoms with Crippen molar-refractivity contribution in [2.45, 2.75) is 19.3 Å². The molecule has 0 aromatic heterocycles. The Morgan fingerprint density at radius 2 is 2.00 bits per heavy atom. The van der Waals surface area contributed by atoms with Gasteiger partial charge in [-0.1, -0.05) is 0 Å². The van der Waals surface area contributed by atoms with Crippen LogP contribution in [0.1, 0.15) is 19.3 Å². The summed E-state index contributed by atoms with van der Waals surface area (Å²) >= 11 is 3.01. The Labute approximate surface area is 133 Å². The molecule has 10 heteroatoms. The molecule has 0 fully saturated rings. The predicted octanol–water partition coefficient (Wildman–Crippen LogP) is 3.61. The van der Waals surface area contributed by atoms with E-state index in [0.29, 0.717) is 19.3 Å². The second-order valence-corrected chi connectivity index (χ2v) is 7.90. The van der Waals surface area contributed by atoms with E-state index in [1.807, 2.05) is 0 Å². The highest BCUT2D eigenvalue weighted by atomic mass is 79.9. The lowest BCUT2D eigenvalue weighted by Crippen LogP contribution is -2.03. The number of rotatable bonds is 8. The molecule has 21 heavy (non-hydrogen) atoms. The molecule has 0 radical (unpaired) electrons. The lowest BCUT2D eigenvalue weighted by molar-refractivity contribution is -0.386. The number of hydrogen-bond acceptors (Lipinski definition) is 5. The van der Waals surface area contributed by atoms with E-state index in [9.17, 15) is 22.9 Å². The minimum atomic E-state index is -3.50. The number of unbranched alkanes of at least 4 members (excludes halogenated alkanes) is 2. The van der Waals surface area contributed by atoms with Crippen LogP contribution in [0.3, 0.4) is 0 Å². The quantitative estimate of drug-likeness (QED) is 0.286. The predicted molar refractivity (Wildman–Crippen MR) is 79.7 cm³/mol. The topological polar surface area (TPSA) is 86.5 Å². The molecule has 0 spiro atoms. The largest absolute Gasteiger partial charge is 0.486 e. The van der Waals surface area contributed by atoms with Gasteiger partial charge in [0.15, 0.2) is 0 Å². The number of halogens is 3. The van der Waals surface area contributed by atoms with Gasteiger partial charge in [-0.2, -0.15) is 0 Å². The molecule has 0 bridgehead atoms. The SMILES string of the molecule is O=[N+]([O-])c1cc(F)cc(Br)c1OCCCCCS(=O)(=O)Cl. The summed E-state index contributed by atoms with van der Waals surface area (Å²) in [6.07, 6.45) is 1.41. The average Bonchev–Trinajstić information content (AvgIpc) is 2.33. The molecule has 0 aliphatic carbocycles. The third-order valence-electron chi connectivity index (χ3n) is 2.46. The Bertz CT molecular complexity index is 625. The molecule has 1 aromatic rings. The number of ether oxygens (including phenoxy) is 1. The highest BCUT2D eigenvalue weighted by Crippen LogP contribution is 2.36. The monoisotopic (exact) mass is 403 g/mol. The van der Waals surface area contributed by atoms with Crippen LogP contribution in [-0.4, -0.2) is 25.7 Å². The third-order valence-corrected chi connectivity index (χ3v) is 4.29. The maximum absolute atomic E-state index is 13.1. The van der Waals surface area contributed by atoms with E-state index in [2.05, 4.69) is 15.9 Å². The van der Waals surface area contributed by atoms with Gasteiger partial charge in [0.1, 0.15) is 5.82 Å². The van der Waals surface area contributed by atoms with Crippen molar-refractivity contribution >= 4 is 41.4 Å². The molecule has 6 nitrogen and oxygen atoms in total. The van der Waals surface area contributed by atoms with E-state index >= 15 is 0 Å². The zero-order valence-electron chi connectivity index (χ0n) is 10.7. The Hall–Kier alpha value is -0.930. The fraction of sp³-hybridized carbons (Fsp3) is 0.455. The van der Waals surface area contributed by atoms with Gasteiger partial charge in [0.2, 0.25) is 14.8 Å². The van der Waals surface area contributed by atoms with Crippen LogP contribution in [0.2, 0.25) is 0 Å².